The highest BCUT2D eigenvalue weighted by atomic mass is 79.9. The number of aryl methyl sites for hydroxylation is 1. The van der Waals surface area contributed by atoms with Crippen molar-refractivity contribution in [3.8, 4) is 0 Å². The number of rotatable bonds is 4. The number of halogens is 1. The van der Waals surface area contributed by atoms with Crippen LogP contribution in [0.5, 0.6) is 0 Å². The van der Waals surface area contributed by atoms with E-state index in [0.29, 0.717) is 17.2 Å². The highest BCUT2D eigenvalue weighted by molar-refractivity contribution is 9.10. The molecule has 0 radical (unpaired) electrons. The Bertz CT molecular complexity index is 1140. The molecule has 0 bridgehead atoms. The number of benzene rings is 2. The normalized spacial score (nSPS) is 10.8. The van der Waals surface area contributed by atoms with Gasteiger partial charge in [-0.15, -0.1) is 0 Å². The Labute approximate surface area is 173 Å². The minimum Gasteiger partial charge on any atom is -0.308 e. The summed E-state index contributed by atoms with van der Waals surface area (Å²) in [7, 11) is 0. The summed E-state index contributed by atoms with van der Waals surface area (Å²) < 4.78 is 2.63. The van der Waals surface area contributed by atoms with Crippen LogP contribution in [0.4, 0.5) is 16.2 Å². The van der Waals surface area contributed by atoms with Gasteiger partial charge in [0.2, 0.25) is 0 Å². The summed E-state index contributed by atoms with van der Waals surface area (Å²) in [5.74, 6) is 0.543. The first-order valence-corrected chi connectivity index (χ1v) is 9.97. The number of fused-ring (bicyclic) bond motifs is 1. The van der Waals surface area contributed by atoms with Gasteiger partial charge in [0.05, 0.1) is 5.69 Å². The van der Waals surface area contributed by atoms with Gasteiger partial charge in [-0.3, -0.25) is 0 Å². The first kappa shape index (κ1) is 18.5. The molecule has 0 fully saturated rings. The van der Waals surface area contributed by atoms with Crippen LogP contribution in [0.15, 0.2) is 75.3 Å². The van der Waals surface area contributed by atoms with Gasteiger partial charge in [-0.2, -0.15) is 14.6 Å². The Kier molecular flexibility index (Phi) is 5.27. The maximum Gasteiger partial charge on any atom is 0.323 e. The highest BCUT2D eigenvalue weighted by Gasteiger charge is 2.12. The Balaban J connectivity index is 1.56. The van der Waals surface area contributed by atoms with Gasteiger partial charge in [0.1, 0.15) is 11.4 Å². The van der Waals surface area contributed by atoms with Crippen LogP contribution in [0.2, 0.25) is 0 Å². The molecular weight excluding hydrogens is 440 g/mol. The number of carbonyl (C=O) groups is 1. The van der Waals surface area contributed by atoms with Gasteiger partial charge in [0.25, 0.3) is 5.78 Å². The summed E-state index contributed by atoms with van der Waals surface area (Å²) in [6.45, 7) is 1.91. The van der Waals surface area contributed by atoms with E-state index < -0.39 is 0 Å². The lowest BCUT2D eigenvalue weighted by molar-refractivity contribution is 0.262. The number of carbonyl (C=O) groups excluding carboxylic acids is 1. The van der Waals surface area contributed by atoms with Crippen molar-refractivity contribution in [3.63, 3.8) is 0 Å². The van der Waals surface area contributed by atoms with E-state index in [1.54, 1.807) is 4.52 Å². The van der Waals surface area contributed by atoms with E-state index in [1.807, 2.05) is 61.5 Å². The number of para-hydroxylation sites is 1. The molecule has 0 saturated heterocycles. The number of nitrogens with one attached hydrogen (secondary N) is 2. The molecule has 0 aliphatic heterocycles. The fourth-order valence-corrected chi connectivity index (χ4v) is 3.87. The number of aromatic nitrogens is 4. The van der Waals surface area contributed by atoms with Crippen molar-refractivity contribution in [2.75, 3.05) is 10.6 Å². The Hall–Kier alpha value is -2.91. The van der Waals surface area contributed by atoms with Crippen molar-refractivity contribution in [3.05, 3.63) is 71.1 Å². The first-order valence-electron chi connectivity index (χ1n) is 8.36. The van der Waals surface area contributed by atoms with E-state index in [4.69, 9.17) is 0 Å². The molecule has 0 unspecified atom stereocenters. The monoisotopic (exact) mass is 454 g/mol. The summed E-state index contributed by atoms with van der Waals surface area (Å²) in [4.78, 5) is 21.8. The largest absolute Gasteiger partial charge is 0.323 e. The molecule has 140 valence electrons. The van der Waals surface area contributed by atoms with Crippen molar-refractivity contribution >= 4 is 50.9 Å². The molecule has 0 atom stereocenters. The molecule has 2 N–H and O–H groups in total. The number of amides is 2. The van der Waals surface area contributed by atoms with Crippen LogP contribution in [0.1, 0.15) is 5.69 Å². The van der Waals surface area contributed by atoms with Crippen LogP contribution in [0.25, 0.3) is 5.78 Å². The second-order valence-corrected chi connectivity index (χ2v) is 7.87. The second-order valence-electron chi connectivity index (χ2n) is 5.89. The zero-order valence-electron chi connectivity index (χ0n) is 14.8. The Morgan fingerprint density at radius 1 is 1.11 bits per heavy atom. The minimum atomic E-state index is -0.313. The third-order valence-corrected chi connectivity index (χ3v) is 5.40. The number of nitrogens with zero attached hydrogens (tertiary/aromatic N) is 4. The highest BCUT2D eigenvalue weighted by Crippen LogP contribution is 2.33. The zero-order chi connectivity index (χ0) is 19.5. The molecule has 0 aliphatic carbocycles. The molecule has 0 saturated carbocycles. The third kappa shape index (κ3) is 4.15. The van der Waals surface area contributed by atoms with Gasteiger partial charge in [0.15, 0.2) is 0 Å². The molecule has 4 aromatic rings. The lowest BCUT2D eigenvalue weighted by Gasteiger charge is -2.12. The van der Waals surface area contributed by atoms with Crippen LogP contribution in [0.3, 0.4) is 0 Å². The van der Waals surface area contributed by atoms with Gasteiger partial charge >= 0.3 is 6.03 Å². The van der Waals surface area contributed by atoms with E-state index in [0.717, 1.165) is 20.1 Å². The van der Waals surface area contributed by atoms with Gasteiger partial charge < -0.3 is 10.6 Å². The number of hydrogen-bond donors (Lipinski definition) is 2. The fraction of sp³-hybridized carbons (Fsp3) is 0.0526. The molecule has 0 aliphatic rings. The second kappa shape index (κ2) is 7.99. The molecule has 9 heteroatoms. The topological polar surface area (TPSA) is 84.2 Å². The van der Waals surface area contributed by atoms with Crippen molar-refractivity contribution in [2.24, 2.45) is 0 Å². The summed E-state index contributed by atoms with van der Waals surface area (Å²) in [6.07, 6.45) is 1.47. The SMILES string of the molecule is Cc1cc(Sc2ccccc2NC(=O)Nc2ccc(Br)cc2)n2ncnc2n1. The van der Waals surface area contributed by atoms with Crippen molar-refractivity contribution in [2.45, 2.75) is 16.8 Å². The number of urea groups is 1. The van der Waals surface area contributed by atoms with Gasteiger partial charge in [-0.25, -0.2) is 9.78 Å². The number of hydrogen-bond acceptors (Lipinski definition) is 5. The average molecular weight is 455 g/mol. The molecule has 2 aromatic carbocycles. The van der Waals surface area contributed by atoms with Crippen LogP contribution < -0.4 is 10.6 Å². The predicted molar refractivity (Wildman–Crippen MR) is 113 cm³/mol. The molecule has 4 rings (SSSR count). The lowest BCUT2D eigenvalue weighted by atomic mass is 10.3. The Morgan fingerprint density at radius 3 is 2.71 bits per heavy atom. The molecule has 7 nitrogen and oxygen atoms in total. The maximum absolute atomic E-state index is 12.4. The summed E-state index contributed by atoms with van der Waals surface area (Å²) in [5, 5.41) is 10.8. The summed E-state index contributed by atoms with van der Waals surface area (Å²) in [5.41, 5.74) is 2.26. The summed E-state index contributed by atoms with van der Waals surface area (Å²) in [6, 6.07) is 16.6. The molecule has 2 amide bonds. The third-order valence-electron chi connectivity index (χ3n) is 3.80. The zero-order valence-corrected chi connectivity index (χ0v) is 17.2. The lowest BCUT2D eigenvalue weighted by Crippen LogP contribution is -2.19. The van der Waals surface area contributed by atoms with Crippen LogP contribution in [-0.4, -0.2) is 25.6 Å². The molecule has 28 heavy (non-hydrogen) atoms. The van der Waals surface area contributed by atoms with Crippen molar-refractivity contribution < 1.29 is 4.79 Å². The summed E-state index contributed by atoms with van der Waals surface area (Å²) >= 11 is 4.86. The van der Waals surface area contributed by atoms with E-state index in [2.05, 4.69) is 41.6 Å². The minimum absolute atomic E-state index is 0.313. The quantitative estimate of drug-likeness (QED) is 0.424. The van der Waals surface area contributed by atoms with Gasteiger partial charge in [-0.1, -0.05) is 39.8 Å². The van der Waals surface area contributed by atoms with Gasteiger partial charge in [-0.05, 0) is 49.4 Å². The van der Waals surface area contributed by atoms with Crippen molar-refractivity contribution in [1.82, 2.24) is 19.6 Å². The van der Waals surface area contributed by atoms with Crippen molar-refractivity contribution in [1.29, 1.82) is 0 Å². The van der Waals surface area contributed by atoms with Gasteiger partial charge in [0, 0.05) is 20.7 Å². The fourth-order valence-electron chi connectivity index (χ4n) is 2.56. The standard InChI is InChI=1S/C19H15BrN6OS/c1-12-10-17(26-18(23-12)21-11-22-26)28-16-5-3-2-4-15(16)25-19(27)24-14-8-6-13(20)7-9-14/h2-11H,1H3,(H2,24,25,27). The molecule has 0 spiro atoms. The maximum atomic E-state index is 12.4. The number of anilines is 2. The Morgan fingerprint density at radius 2 is 1.89 bits per heavy atom. The van der Waals surface area contributed by atoms with Crippen LogP contribution >= 0.6 is 27.7 Å². The first-order chi connectivity index (χ1) is 13.6. The van der Waals surface area contributed by atoms with E-state index in [9.17, 15) is 4.79 Å². The van der Waals surface area contributed by atoms with E-state index in [1.165, 1.54) is 18.1 Å². The predicted octanol–water partition coefficient (Wildman–Crippen LogP) is 4.99. The van der Waals surface area contributed by atoms with Crippen LogP contribution in [0, 0.1) is 6.92 Å². The molecule has 2 aromatic heterocycles. The van der Waals surface area contributed by atoms with Crippen LogP contribution in [-0.2, 0) is 0 Å². The smallest absolute Gasteiger partial charge is 0.308 e. The van der Waals surface area contributed by atoms with E-state index in [-0.39, 0.29) is 6.03 Å². The average Bonchev–Trinajstić information content (AvgIpc) is 3.14. The molecular formula is C19H15BrN6OS. The molecule has 2 heterocycles. The van der Waals surface area contributed by atoms with E-state index >= 15 is 0 Å².